The van der Waals surface area contributed by atoms with Gasteiger partial charge in [-0.05, 0) is 61.6 Å². The highest BCUT2D eigenvalue weighted by molar-refractivity contribution is 7.92. The third-order valence-corrected chi connectivity index (χ3v) is 11.6. The van der Waals surface area contributed by atoms with Crippen molar-refractivity contribution in [3.63, 3.8) is 0 Å². The molecule has 1 fully saturated rings. The molecule has 4 rings (SSSR count). The quantitative estimate of drug-likeness (QED) is 0.596. The Bertz CT molecular complexity index is 1280. The number of sulfone groups is 1. The lowest BCUT2D eigenvalue weighted by molar-refractivity contribution is 0.103. The Morgan fingerprint density at radius 2 is 1.70 bits per heavy atom. The van der Waals surface area contributed by atoms with Crippen LogP contribution >= 0.6 is 11.6 Å². The van der Waals surface area contributed by atoms with Crippen molar-refractivity contribution in [2.45, 2.75) is 28.9 Å². The van der Waals surface area contributed by atoms with Crippen LogP contribution in [-0.2, 0) is 24.6 Å². The summed E-state index contributed by atoms with van der Waals surface area (Å²) in [7, 11) is -4.90. The number of rotatable bonds is 5. The van der Waals surface area contributed by atoms with Crippen LogP contribution in [0.2, 0.25) is 5.02 Å². The van der Waals surface area contributed by atoms with Gasteiger partial charge in [0.2, 0.25) is 10.0 Å². The SMILES string of the molecule is CN(C)S(=O)(=O)C[C@H]1CC[C@]2(S(=O)(=O)c3ccc(Cl)cc3)c3c(F)ccc(F)c3OC[C@@H]2C1. The summed E-state index contributed by atoms with van der Waals surface area (Å²) >= 11 is 5.93. The monoisotopic (exact) mass is 519 g/mol. The maximum Gasteiger partial charge on any atom is 0.213 e. The predicted octanol–water partition coefficient (Wildman–Crippen LogP) is 3.99. The Kier molecular flexibility index (Phi) is 6.26. The first kappa shape index (κ1) is 24.4. The summed E-state index contributed by atoms with van der Waals surface area (Å²) in [4.78, 5) is -0.0622. The Morgan fingerprint density at radius 3 is 2.33 bits per heavy atom. The molecule has 0 N–H and O–H groups in total. The van der Waals surface area contributed by atoms with Crippen LogP contribution in [0.25, 0.3) is 0 Å². The van der Waals surface area contributed by atoms with Crippen molar-refractivity contribution in [3.05, 3.63) is 58.6 Å². The van der Waals surface area contributed by atoms with Crippen molar-refractivity contribution in [3.8, 4) is 5.75 Å². The minimum atomic E-state index is -4.24. The summed E-state index contributed by atoms with van der Waals surface area (Å²) in [5.41, 5.74) is -0.317. The second kappa shape index (κ2) is 8.48. The van der Waals surface area contributed by atoms with Crippen LogP contribution in [0.15, 0.2) is 41.3 Å². The highest BCUT2D eigenvalue weighted by atomic mass is 35.5. The summed E-state index contributed by atoms with van der Waals surface area (Å²) in [6, 6.07) is 7.36. The summed E-state index contributed by atoms with van der Waals surface area (Å²) in [5, 5.41) is 0.338. The molecule has 0 unspecified atom stereocenters. The number of fused-ring (bicyclic) bond motifs is 3. The van der Waals surface area contributed by atoms with Crippen molar-refractivity contribution >= 4 is 31.5 Å². The Labute approximate surface area is 197 Å². The fourth-order valence-corrected chi connectivity index (χ4v) is 8.71. The lowest BCUT2D eigenvalue weighted by Gasteiger charge is -2.49. The van der Waals surface area contributed by atoms with Crippen molar-refractivity contribution in [1.29, 1.82) is 0 Å². The first-order valence-electron chi connectivity index (χ1n) is 10.4. The number of hydrogen-bond acceptors (Lipinski definition) is 5. The van der Waals surface area contributed by atoms with E-state index in [1.54, 1.807) is 0 Å². The van der Waals surface area contributed by atoms with E-state index in [4.69, 9.17) is 16.3 Å². The second-order valence-electron chi connectivity index (χ2n) is 8.79. The van der Waals surface area contributed by atoms with E-state index in [2.05, 4.69) is 0 Å². The molecule has 11 heteroatoms. The van der Waals surface area contributed by atoms with Crippen LogP contribution in [-0.4, -0.2) is 47.6 Å². The molecule has 1 aliphatic carbocycles. The lowest BCUT2D eigenvalue weighted by Crippen LogP contribution is -2.53. The van der Waals surface area contributed by atoms with Crippen LogP contribution in [0.3, 0.4) is 0 Å². The van der Waals surface area contributed by atoms with Crippen molar-refractivity contribution < 1.29 is 30.4 Å². The third kappa shape index (κ3) is 3.94. The molecule has 0 saturated heterocycles. The third-order valence-electron chi connectivity index (χ3n) is 6.72. The van der Waals surface area contributed by atoms with E-state index >= 15 is 4.39 Å². The highest BCUT2D eigenvalue weighted by Crippen LogP contribution is 2.57. The Morgan fingerprint density at radius 1 is 1.06 bits per heavy atom. The molecule has 1 aliphatic heterocycles. The summed E-state index contributed by atoms with van der Waals surface area (Å²) in [6.45, 7) is -0.168. The number of nitrogens with zero attached hydrogens (tertiary/aromatic N) is 1. The maximum atomic E-state index is 15.2. The summed E-state index contributed by atoms with van der Waals surface area (Å²) in [5.74, 6) is -3.38. The molecule has 180 valence electrons. The molecule has 0 spiro atoms. The molecular formula is C22H24ClF2NO5S2. The van der Waals surface area contributed by atoms with Crippen LogP contribution in [0, 0.1) is 23.5 Å². The maximum absolute atomic E-state index is 15.2. The largest absolute Gasteiger partial charge is 0.490 e. The van der Waals surface area contributed by atoms with E-state index in [1.807, 2.05) is 0 Å². The van der Waals surface area contributed by atoms with Gasteiger partial charge in [-0.1, -0.05) is 11.6 Å². The van der Waals surface area contributed by atoms with Crippen LogP contribution in [0.1, 0.15) is 24.8 Å². The molecule has 2 aliphatic rings. The molecule has 3 atom stereocenters. The summed E-state index contributed by atoms with van der Waals surface area (Å²) in [6.07, 6.45) is 0.327. The smallest absolute Gasteiger partial charge is 0.213 e. The predicted molar refractivity (Wildman–Crippen MR) is 120 cm³/mol. The van der Waals surface area contributed by atoms with Gasteiger partial charge in [-0.15, -0.1) is 0 Å². The van der Waals surface area contributed by atoms with Gasteiger partial charge in [0.25, 0.3) is 0 Å². The molecule has 0 radical (unpaired) electrons. The van der Waals surface area contributed by atoms with Crippen LogP contribution in [0.4, 0.5) is 8.78 Å². The van der Waals surface area contributed by atoms with Gasteiger partial charge in [-0.25, -0.2) is 29.9 Å². The van der Waals surface area contributed by atoms with Gasteiger partial charge in [0.1, 0.15) is 10.6 Å². The van der Waals surface area contributed by atoms with Crippen molar-refractivity contribution in [2.24, 2.45) is 11.8 Å². The highest BCUT2D eigenvalue weighted by Gasteiger charge is 2.59. The number of benzene rings is 2. The van der Waals surface area contributed by atoms with E-state index < -0.39 is 47.9 Å². The molecule has 0 amide bonds. The second-order valence-corrected chi connectivity index (χ2v) is 13.7. The molecule has 2 aromatic carbocycles. The van der Waals surface area contributed by atoms with Gasteiger partial charge in [-0.2, -0.15) is 0 Å². The van der Waals surface area contributed by atoms with Gasteiger partial charge in [0.15, 0.2) is 21.4 Å². The normalized spacial score (nSPS) is 25.3. The molecule has 1 heterocycles. The topological polar surface area (TPSA) is 80.8 Å². The zero-order valence-corrected chi connectivity index (χ0v) is 20.5. The average Bonchev–Trinajstić information content (AvgIpc) is 2.75. The zero-order chi connectivity index (χ0) is 24.2. The molecule has 2 aromatic rings. The lowest BCUT2D eigenvalue weighted by atomic mass is 9.69. The molecule has 33 heavy (non-hydrogen) atoms. The fourth-order valence-electron chi connectivity index (χ4n) is 5.03. The number of ether oxygens (including phenoxy) is 1. The zero-order valence-electron chi connectivity index (χ0n) is 18.1. The summed E-state index contributed by atoms with van der Waals surface area (Å²) < 4.78 is 87.7. The van der Waals surface area contributed by atoms with Crippen LogP contribution < -0.4 is 4.74 Å². The van der Waals surface area contributed by atoms with Gasteiger partial charge >= 0.3 is 0 Å². The fraction of sp³-hybridized carbons (Fsp3) is 0.455. The van der Waals surface area contributed by atoms with E-state index in [-0.39, 0.29) is 48.0 Å². The first-order valence-corrected chi connectivity index (χ1v) is 13.9. The van der Waals surface area contributed by atoms with E-state index in [0.717, 1.165) is 16.4 Å². The minimum Gasteiger partial charge on any atom is -0.490 e. The van der Waals surface area contributed by atoms with Gasteiger partial charge in [0.05, 0.1) is 22.8 Å². The van der Waals surface area contributed by atoms with Crippen LogP contribution in [0.5, 0.6) is 5.75 Å². The molecule has 1 saturated carbocycles. The molecule has 0 aromatic heterocycles. The van der Waals surface area contributed by atoms with E-state index in [9.17, 15) is 21.2 Å². The number of sulfonamides is 1. The van der Waals surface area contributed by atoms with Gasteiger partial charge < -0.3 is 4.74 Å². The molecule has 0 bridgehead atoms. The Hall–Kier alpha value is -1.75. The Balaban J connectivity index is 1.87. The van der Waals surface area contributed by atoms with E-state index in [0.29, 0.717) is 5.02 Å². The van der Waals surface area contributed by atoms with Gasteiger partial charge in [0, 0.05) is 25.0 Å². The molecule has 6 nitrogen and oxygen atoms in total. The van der Waals surface area contributed by atoms with Gasteiger partial charge in [-0.3, -0.25) is 0 Å². The first-order chi connectivity index (χ1) is 15.4. The number of halogens is 3. The standard InChI is InChI=1S/C22H24ClF2NO5S2/c1-26(2)32(27,28)13-14-9-10-22(33(29,30)17-5-3-16(23)4-6-17)15(11-14)12-31-21-19(25)8-7-18(24)20(21)22/h3-8,14-15H,9-13H2,1-2H3/t14-,15-,22+/m0/s1. The average molecular weight is 520 g/mol. The minimum absolute atomic E-state index is 0.0622. The van der Waals surface area contributed by atoms with Crippen molar-refractivity contribution in [1.82, 2.24) is 4.31 Å². The van der Waals surface area contributed by atoms with Crippen molar-refractivity contribution in [2.75, 3.05) is 26.5 Å². The number of hydrogen-bond donors (Lipinski definition) is 0. The molecular weight excluding hydrogens is 496 g/mol. The van der Waals surface area contributed by atoms with E-state index in [1.165, 1.54) is 38.4 Å².